The van der Waals surface area contributed by atoms with Crippen LogP contribution in [0.1, 0.15) is 12.5 Å². The van der Waals surface area contributed by atoms with Crippen LogP contribution in [-0.4, -0.2) is 39.6 Å². The van der Waals surface area contributed by atoms with E-state index in [1.807, 2.05) is 38.2 Å². The van der Waals surface area contributed by atoms with Crippen molar-refractivity contribution in [2.75, 3.05) is 13.7 Å². The molecule has 1 N–H and O–H groups in total. The second kappa shape index (κ2) is 7.84. The molecule has 1 aromatic carbocycles. The Labute approximate surface area is 134 Å². The Kier molecular flexibility index (Phi) is 5.83. The maximum absolute atomic E-state index is 12.1. The summed E-state index contributed by atoms with van der Waals surface area (Å²) in [6.07, 6.45) is 2.41. The summed E-state index contributed by atoms with van der Waals surface area (Å²) in [5, 5.41) is 11.2. The molecule has 1 atom stereocenters. The van der Waals surface area contributed by atoms with Gasteiger partial charge in [-0.1, -0.05) is 23.9 Å². The molecule has 0 fully saturated rings. The van der Waals surface area contributed by atoms with Gasteiger partial charge in [-0.05, 0) is 31.0 Å². The smallest absolute Gasteiger partial charge is 0.233 e. The molecule has 0 unspecified atom stereocenters. The normalized spacial score (nSPS) is 12.0. The number of ether oxygens (including phenoxy) is 1. The molecule has 1 aromatic heterocycles. The Bertz CT molecular complexity index is 612. The number of rotatable bonds is 7. The molecule has 0 aliphatic rings. The summed E-state index contributed by atoms with van der Waals surface area (Å²) >= 11 is 1.40. The highest BCUT2D eigenvalue weighted by Gasteiger charge is 2.16. The predicted molar refractivity (Wildman–Crippen MR) is 86.0 cm³/mol. The number of benzene rings is 1. The molecule has 2 aromatic rings. The molecule has 0 spiro atoms. The Morgan fingerprint density at radius 3 is 2.73 bits per heavy atom. The molecule has 0 saturated heterocycles. The Morgan fingerprint density at radius 2 is 2.14 bits per heavy atom. The molecule has 22 heavy (non-hydrogen) atoms. The molecule has 0 aliphatic carbocycles. The lowest BCUT2D eigenvalue weighted by Gasteiger charge is -2.11. The van der Waals surface area contributed by atoms with Crippen LogP contribution in [0, 0.1) is 0 Å². The quantitative estimate of drug-likeness (QED) is 0.786. The third-order valence-corrected chi connectivity index (χ3v) is 4.34. The first kappa shape index (κ1) is 16.4. The maximum atomic E-state index is 12.1. The van der Waals surface area contributed by atoms with E-state index in [1.54, 1.807) is 18.0 Å². The number of aryl methyl sites for hydroxylation is 1. The minimum absolute atomic E-state index is 0.00140. The van der Waals surface area contributed by atoms with Gasteiger partial charge in [-0.25, -0.2) is 0 Å². The zero-order valence-electron chi connectivity index (χ0n) is 12.9. The summed E-state index contributed by atoms with van der Waals surface area (Å²) in [4.78, 5) is 12.1. The molecule has 1 heterocycles. The highest BCUT2D eigenvalue weighted by Crippen LogP contribution is 2.19. The number of aromatic nitrogens is 3. The van der Waals surface area contributed by atoms with Crippen LogP contribution in [0.5, 0.6) is 5.75 Å². The van der Waals surface area contributed by atoms with Crippen molar-refractivity contribution >= 4 is 17.7 Å². The van der Waals surface area contributed by atoms with Crippen LogP contribution in [0.2, 0.25) is 0 Å². The Morgan fingerprint density at radius 1 is 1.41 bits per heavy atom. The van der Waals surface area contributed by atoms with Crippen molar-refractivity contribution < 1.29 is 9.53 Å². The van der Waals surface area contributed by atoms with Crippen molar-refractivity contribution in [2.45, 2.75) is 23.8 Å². The summed E-state index contributed by atoms with van der Waals surface area (Å²) in [6.45, 7) is 2.47. The fraction of sp³-hybridized carbons (Fsp3) is 0.400. The fourth-order valence-electron chi connectivity index (χ4n) is 1.86. The van der Waals surface area contributed by atoms with E-state index in [4.69, 9.17) is 4.74 Å². The number of carbonyl (C=O) groups is 1. The van der Waals surface area contributed by atoms with Crippen LogP contribution in [0.3, 0.4) is 0 Å². The van der Waals surface area contributed by atoms with Gasteiger partial charge in [0.2, 0.25) is 5.91 Å². The van der Waals surface area contributed by atoms with Gasteiger partial charge < -0.3 is 14.6 Å². The number of hydrogen-bond donors (Lipinski definition) is 1. The monoisotopic (exact) mass is 320 g/mol. The van der Waals surface area contributed by atoms with Gasteiger partial charge in [0.15, 0.2) is 5.16 Å². The molecule has 0 saturated carbocycles. The highest BCUT2D eigenvalue weighted by molar-refractivity contribution is 8.00. The van der Waals surface area contributed by atoms with Gasteiger partial charge >= 0.3 is 0 Å². The van der Waals surface area contributed by atoms with Gasteiger partial charge in [0.25, 0.3) is 0 Å². The number of carbonyl (C=O) groups excluding carboxylic acids is 1. The van der Waals surface area contributed by atoms with E-state index in [9.17, 15) is 4.79 Å². The first-order chi connectivity index (χ1) is 10.6. The van der Waals surface area contributed by atoms with E-state index in [-0.39, 0.29) is 11.2 Å². The molecular formula is C15H20N4O2S. The highest BCUT2D eigenvalue weighted by atomic mass is 32.2. The summed E-state index contributed by atoms with van der Waals surface area (Å²) < 4.78 is 6.91. The zero-order chi connectivity index (χ0) is 15.9. The van der Waals surface area contributed by atoms with Crippen molar-refractivity contribution in [1.82, 2.24) is 20.1 Å². The van der Waals surface area contributed by atoms with Crippen LogP contribution < -0.4 is 10.1 Å². The van der Waals surface area contributed by atoms with Crippen molar-refractivity contribution in [3.8, 4) is 5.75 Å². The van der Waals surface area contributed by atoms with Gasteiger partial charge in [-0.3, -0.25) is 4.79 Å². The van der Waals surface area contributed by atoms with Gasteiger partial charge in [-0.15, -0.1) is 10.2 Å². The number of nitrogens with one attached hydrogen (secondary N) is 1. The summed E-state index contributed by atoms with van der Waals surface area (Å²) in [6, 6.07) is 7.85. The molecular weight excluding hydrogens is 300 g/mol. The van der Waals surface area contributed by atoms with E-state index in [0.717, 1.165) is 22.9 Å². The lowest BCUT2D eigenvalue weighted by Crippen LogP contribution is -2.32. The molecule has 118 valence electrons. The minimum atomic E-state index is -0.209. The molecule has 0 aliphatic heterocycles. The van der Waals surface area contributed by atoms with Crippen molar-refractivity contribution in [2.24, 2.45) is 7.05 Å². The summed E-state index contributed by atoms with van der Waals surface area (Å²) in [5.41, 5.74) is 1.16. The standard InChI is InChI=1S/C15H20N4O2S/c1-11(22-15-18-17-10-19(15)2)14(20)16-9-8-12-4-6-13(21-3)7-5-12/h4-7,10-11H,8-9H2,1-3H3,(H,16,20)/t11-/m0/s1. The average Bonchev–Trinajstić information content (AvgIpc) is 2.93. The third kappa shape index (κ3) is 4.49. The second-order valence-corrected chi connectivity index (χ2v) is 6.18. The van der Waals surface area contributed by atoms with Crippen molar-refractivity contribution in [3.63, 3.8) is 0 Å². The minimum Gasteiger partial charge on any atom is -0.497 e. The zero-order valence-corrected chi connectivity index (χ0v) is 13.8. The number of nitrogens with zero attached hydrogens (tertiary/aromatic N) is 3. The average molecular weight is 320 g/mol. The van der Waals surface area contributed by atoms with E-state index >= 15 is 0 Å². The maximum Gasteiger partial charge on any atom is 0.233 e. The van der Waals surface area contributed by atoms with Crippen LogP contribution in [0.25, 0.3) is 0 Å². The number of methoxy groups -OCH3 is 1. The van der Waals surface area contributed by atoms with Crippen molar-refractivity contribution in [3.05, 3.63) is 36.2 Å². The van der Waals surface area contributed by atoms with Crippen molar-refractivity contribution in [1.29, 1.82) is 0 Å². The summed E-state index contributed by atoms with van der Waals surface area (Å²) in [7, 11) is 3.50. The van der Waals surface area contributed by atoms with Gasteiger partial charge in [-0.2, -0.15) is 0 Å². The van der Waals surface area contributed by atoms with Crippen LogP contribution in [-0.2, 0) is 18.3 Å². The Balaban J connectivity index is 1.75. The molecule has 6 nitrogen and oxygen atoms in total. The second-order valence-electron chi connectivity index (χ2n) is 4.87. The Hall–Kier alpha value is -2.02. The van der Waals surface area contributed by atoms with E-state index in [0.29, 0.717) is 6.54 Å². The summed E-state index contributed by atoms with van der Waals surface area (Å²) in [5.74, 6) is 0.836. The van der Waals surface area contributed by atoms with E-state index in [1.165, 1.54) is 11.8 Å². The van der Waals surface area contributed by atoms with Crippen LogP contribution in [0.15, 0.2) is 35.7 Å². The van der Waals surface area contributed by atoms with E-state index in [2.05, 4.69) is 15.5 Å². The topological polar surface area (TPSA) is 69.0 Å². The van der Waals surface area contributed by atoms with E-state index < -0.39 is 0 Å². The fourth-order valence-corrected chi connectivity index (χ4v) is 2.67. The largest absolute Gasteiger partial charge is 0.497 e. The van der Waals surface area contributed by atoms with Gasteiger partial charge in [0.05, 0.1) is 12.4 Å². The third-order valence-electron chi connectivity index (χ3n) is 3.19. The lowest BCUT2D eigenvalue weighted by molar-refractivity contribution is -0.120. The molecule has 0 bridgehead atoms. The number of thioether (sulfide) groups is 1. The predicted octanol–water partition coefficient (Wildman–Crippen LogP) is 1.66. The molecule has 7 heteroatoms. The SMILES string of the molecule is COc1ccc(CCNC(=O)[C@H](C)Sc2nncn2C)cc1. The molecule has 2 rings (SSSR count). The molecule has 1 amide bonds. The number of amides is 1. The first-order valence-corrected chi connectivity index (χ1v) is 7.89. The number of hydrogen-bond acceptors (Lipinski definition) is 5. The lowest BCUT2D eigenvalue weighted by atomic mass is 10.1. The van der Waals surface area contributed by atoms with Crippen LogP contribution in [0.4, 0.5) is 0 Å². The first-order valence-electron chi connectivity index (χ1n) is 7.01. The molecule has 0 radical (unpaired) electrons. The van der Waals surface area contributed by atoms with Crippen LogP contribution >= 0.6 is 11.8 Å². The van der Waals surface area contributed by atoms with Gasteiger partial charge in [0.1, 0.15) is 12.1 Å². The van der Waals surface area contributed by atoms with Gasteiger partial charge in [0, 0.05) is 13.6 Å².